The summed E-state index contributed by atoms with van der Waals surface area (Å²) in [5, 5.41) is 13.5. The molecule has 1 amide bonds. The van der Waals surface area contributed by atoms with Crippen LogP contribution in [-0.2, 0) is 11.2 Å². The molecule has 3 aromatic rings. The van der Waals surface area contributed by atoms with Crippen molar-refractivity contribution in [2.45, 2.75) is 6.42 Å². The number of phenols is 1. The lowest BCUT2D eigenvalue weighted by Gasteiger charge is -2.00. The Kier molecular flexibility index (Phi) is 4.38. The van der Waals surface area contributed by atoms with E-state index in [-0.39, 0.29) is 18.1 Å². The third kappa shape index (κ3) is 3.75. The minimum absolute atomic E-state index is 0.0866. The summed E-state index contributed by atoms with van der Waals surface area (Å²) in [5.74, 6) is 0.363. The van der Waals surface area contributed by atoms with Gasteiger partial charge in [0.1, 0.15) is 11.6 Å². The summed E-state index contributed by atoms with van der Waals surface area (Å²) in [6.07, 6.45) is 1.48. The van der Waals surface area contributed by atoms with Crippen LogP contribution >= 0.6 is 15.9 Å². The molecule has 23 heavy (non-hydrogen) atoms. The van der Waals surface area contributed by atoms with Crippen molar-refractivity contribution in [3.05, 3.63) is 58.3 Å². The average molecular weight is 373 g/mol. The van der Waals surface area contributed by atoms with Gasteiger partial charge in [0.15, 0.2) is 0 Å². The van der Waals surface area contributed by atoms with E-state index in [9.17, 15) is 9.90 Å². The second-order valence-electron chi connectivity index (χ2n) is 4.87. The number of H-pyrrole nitrogens is 1. The van der Waals surface area contributed by atoms with Gasteiger partial charge in [-0.3, -0.25) is 4.79 Å². The number of aromatic amines is 1. The number of aromatic nitrogens is 2. The maximum Gasteiger partial charge on any atom is 0.247 e. The van der Waals surface area contributed by atoms with Gasteiger partial charge in [-0.25, -0.2) is 10.4 Å². The Labute approximate surface area is 140 Å². The number of hydrogen-bond donors (Lipinski definition) is 3. The third-order valence-corrected chi connectivity index (χ3v) is 3.64. The number of imidazole rings is 1. The first-order chi connectivity index (χ1) is 11.1. The number of carbonyl (C=O) groups is 1. The zero-order chi connectivity index (χ0) is 16.2. The number of carbonyl (C=O) groups excluding carboxylic acids is 1. The SMILES string of the molecule is O=C(Cc1nc2ccccc2[nH]1)NN=Cc1cc(Br)ccc1O. The minimum Gasteiger partial charge on any atom is -0.507 e. The van der Waals surface area contributed by atoms with Crippen LogP contribution in [0.25, 0.3) is 11.0 Å². The van der Waals surface area contributed by atoms with Gasteiger partial charge in [-0.05, 0) is 30.3 Å². The Balaban J connectivity index is 1.63. The molecule has 0 spiro atoms. The highest BCUT2D eigenvalue weighted by Crippen LogP contribution is 2.19. The van der Waals surface area contributed by atoms with Crippen LogP contribution in [0, 0.1) is 0 Å². The fourth-order valence-corrected chi connectivity index (χ4v) is 2.46. The molecule has 0 saturated heterocycles. The highest BCUT2D eigenvalue weighted by atomic mass is 79.9. The van der Waals surface area contributed by atoms with Gasteiger partial charge in [0.25, 0.3) is 0 Å². The second kappa shape index (κ2) is 6.62. The lowest BCUT2D eigenvalue weighted by Crippen LogP contribution is -2.20. The van der Waals surface area contributed by atoms with Crippen molar-refractivity contribution in [3.63, 3.8) is 0 Å². The molecular weight excluding hydrogens is 360 g/mol. The zero-order valence-corrected chi connectivity index (χ0v) is 13.5. The first-order valence-corrected chi connectivity index (χ1v) is 7.65. The molecule has 0 atom stereocenters. The summed E-state index contributed by atoms with van der Waals surface area (Å²) >= 11 is 3.31. The lowest BCUT2D eigenvalue weighted by atomic mass is 10.2. The van der Waals surface area contributed by atoms with Crippen LogP contribution in [0.4, 0.5) is 0 Å². The number of phenolic OH excluding ortho intramolecular Hbond substituents is 1. The van der Waals surface area contributed by atoms with Crippen molar-refractivity contribution in [3.8, 4) is 5.75 Å². The van der Waals surface area contributed by atoms with E-state index >= 15 is 0 Å². The molecule has 0 saturated carbocycles. The maximum absolute atomic E-state index is 11.9. The number of halogens is 1. The number of nitrogens with one attached hydrogen (secondary N) is 2. The molecule has 116 valence electrons. The van der Waals surface area contributed by atoms with Crippen molar-refractivity contribution in [1.29, 1.82) is 0 Å². The predicted octanol–water partition coefficient (Wildman–Crippen LogP) is 2.72. The molecule has 0 radical (unpaired) electrons. The smallest absolute Gasteiger partial charge is 0.247 e. The number of nitrogens with zero attached hydrogens (tertiary/aromatic N) is 2. The Bertz CT molecular complexity index is 856. The van der Waals surface area contributed by atoms with Crippen molar-refractivity contribution in [2.24, 2.45) is 5.10 Å². The van der Waals surface area contributed by atoms with Crippen molar-refractivity contribution in [2.75, 3.05) is 0 Å². The van der Waals surface area contributed by atoms with Gasteiger partial charge in [0.05, 0.1) is 23.7 Å². The Morgan fingerprint density at radius 2 is 2.17 bits per heavy atom. The van der Waals surface area contributed by atoms with E-state index in [4.69, 9.17) is 0 Å². The first-order valence-electron chi connectivity index (χ1n) is 6.86. The topological polar surface area (TPSA) is 90.4 Å². The normalized spacial score (nSPS) is 11.2. The van der Waals surface area contributed by atoms with Crippen LogP contribution in [-0.4, -0.2) is 27.2 Å². The van der Waals surface area contributed by atoms with E-state index in [2.05, 4.69) is 36.4 Å². The van der Waals surface area contributed by atoms with Crippen LogP contribution in [0.2, 0.25) is 0 Å². The predicted molar refractivity (Wildman–Crippen MR) is 91.3 cm³/mol. The number of hydrazone groups is 1. The van der Waals surface area contributed by atoms with E-state index in [0.717, 1.165) is 15.5 Å². The molecule has 0 aliphatic rings. The molecule has 0 fully saturated rings. The van der Waals surface area contributed by atoms with Crippen molar-refractivity contribution < 1.29 is 9.90 Å². The summed E-state index contributed by atoms with van der Waals surface area (Å²) in [4.78, 5) is 19.3. The molecule has 6 nitrogen and oxygen atoms in total. The van der Waals surface area contributed by atoms with E-state index < -0.39 is 0 Å². The molecule has 1 heterocycles. The number of aromatic hydroxyl groups is 1. The van der Waals surface area contributed by atoms with Gasteiger partial charge in [-0.2, -0.15) is 5.10 Å². The van der Waals surface area contributed by atoms with E-state index in [0.29, 0.717) is 11.4 Å². The van der Waals surface area contributed by atoms with Crippen molar-refractivity contribution in [1.82, 2.24) is 15.4 Å². The molecule has 0 aliphatic heterocycles. The standard InChI is InChI=1S/C16H13BrN4O2/c17-11-5-6-14(22)10(7-11)9-18-21-16(23)8-15-19-12-3-1-2-4-13(12)20-15/h1-7,9,22H,8H2,(H,19,20)(H,21,23). The van der Waals surface area contributed by atoms with Crippen LogP contribution in [0.1, 0.15) is 11.4 Å². The quantitative estimate of drug-likeness (QED) is 0.485. The monoisotopic (exact) mass is 372 g/mol. The maximum atomic E-state index is 11.9. The largest absolute Gasteiger partial charge is 0.507 e. The average Bonchev–Trinajstić information content (AvgIpc) is 2.92. The highest BCUT2D eigenvalue weighted by molar-refractivity contribution is 9.10. The van der Waals surface area contributed by atoms with Gasteiger partial charge in [0, 0.05) is 10.0 Å². The fourth-order valence-electron chi connectivity index (χ4n) is 2.08. The van der Waals surface area contributed by atoms with E-state index in [1.54, 1.807) is 18.2 Å². The number of rotatable bonds is 4. The summed E-state index contributed by atoms with van der Waals surface area (Å²) in [5.41, 5.74) is 4.62. The Morgan fingerprint density at radius 1 is 1.35 bits per heavy atom. The number of benzene rings is 2. The van der Waals surface area contributed by atoms with Gasteiger partial charge in [-0.15, -0.1) is 0 Å². The van der Waals surface area contributed by atoms with E-state index in [1.807, 2.05) is 24.3 Å². The molecule has 2 aromatic carbocycles. The first kappa shape index (κ1) is 15.2. The second-order valence-corrected chi connectivity index (χ2v) is 5.79. The molecule has 3 rings (SSSR count). The number of amides is 1. The Morgan fingerprint density at radius 3 is 3.00 bits per heavy atom. The van der Waals surface area contributed by atoms with Crippen LogP contribution in [0.5, 0.6) is 5.75 Å². The zero-order valence-electron chi connectivity index (χ0n) is 12.0. The van der Waals surface area contributed by atoms with Crippen LogP contribution in [0.15, 0.2) is 52.0 Å². The minimum atomic E-state index is -0.296. The van der Waals surface area contributed by atoms with Gasteiger partial charge < -0.3 is 10.1 Å². The molecule has 0 aliphatic carbocycles. The number of hydrogen-bond acceptors (Lipinski definition) is 4. The van der Waals surface area contributed by atoms with Crippen LogP contribution < -0.4 is 5.43 Å². The summed E-state index contributed by atoms with van der Waals surface area (Å²) < 4.78 is 0.811. The molecular formula is C16H13BrN4O2. The summed E-state index contributed by atoms with van der Waals surface area (Å²) in [6.45, 7) is 0. The highest BCUT2D eigenvalue weighted by Gasteiger charge is 2.07. The van der Waals surface area contributed by atoms with Crippen LogP contribution in [0.3, 0.4) is 0 Å². The van der Waals surface area contributed by atoms with Gasteiger partial charge >= 0.3 is 0 Å². The summed E-state index contributed by atoms with van der Waals surface area (Å²) in [6, 6.07) is 12.5. The van der Waals surface area contributed by atoms with Gasteiger partial charge in [0.2, 0.25) is 5.91 Å². The Hall–Kier alpha value is -2.67. The number of fused-ring (bicyclic) bond motifs is 1. The van der Waals surface area contributed by atoms with Gasteiger partial charge in [-0.1, -0.05) is 28.1 Å². The molecule has 0 unspecified atom stereocenters. The van der Waals surface area contributed by atoms with Crippen molar-refractivity contribution >= 4 is 39.1 Å². The fraction of sp³-hybridized carbons (Fsp3) is 0.0625. The van der Waals surface area contributed by atoms with E-state index in [1.165, 1.54) is 6.21 Å². The molecule has 1 aromatic heterocycles. The molecule has 3 N–H and O–H groups in total. The third-order valence-electron chi connectivity index (χ3n) is 3.15. The lowest BCUT2D eigenvalue weighted by molar-refractivity contribution is -0.120. The summed E-state index contributed by atoms with van der Waals surface area (Å²) in [7, 11) is 0. The molecule has 7 heteroatoms. The molecule has 0 bridgehead atoms. The number of para-hydroxylation sites is 2.